The van der Waals surface area contributed by atoms with E-state index < -0.39 is 26.5 Å². The number of ether oxygens (including phenoxy) is 2. The summed E-state index contributed by atoms with van der Waals surface area (Å²) in [5, 5.41) is 0. The maximum atomic E-state index is 12.7. The van der Waals surface area contributed by atoms with E-state index in [4.69, 9.17) is 24.3 Å². The second kappa shape index (κ2) is 57.0. The molecule has 0 aromatic carbocycles. The largest absolute Gasteiger partial charge is 0.472 e. The Hall–Kier alpha value is -2.29. The number of phosphoric ester groups is 1. The lowest BCUT2D eigenvalue weighted by Gasteiger charge is -2.19. The van der Waals surface area contributed by atoms with Crippen LogP contribution < -0.4 is 5.73 Å². The summed E-state index contributed by atoms with van der Waals surface area (Å²) in [7, 11) is -4.39. The van der Waals surface area contributed by atoms with Gasteiger partial charge in [-0.3, -0.25) is 18.6 Å². The van der Waals surface area contributed by atoms with Crippen molar-refractivity contribution in [1.82, 2.24) is 0 Å². The molecule has 9 nitrogen and oxygen atoms in total. The van der Waals surface area contributed by atoms with Crippen molar-refractivity contribution < 1.29 is 37.6 Å². The summed E-state index contributed by atoms with van der Waals surface area (Å²) in [5.74, 6) is -0.828. The molecule has 0 aromatic rings. The fourth-order valence-corrected chi connectivity index (χ4v) is 9.27. The highest BCUT2D eigenvalue weighted by molar-refractivity contribution is 7.47. The Morgan fingerprint density at radius 2 is 0.775 bits per heavy atom. The lowest BCUT2D eigenvalue weighted by Crippen LogP contribution is -2.29. The zero-order valence-electron chi connectivity index (χ0n) is 46.2. The second-order valence-electron chi connectivity index (χ2n) is 19.8. The molecule has 0 aromatic heterocycles. The Morgan fingerprint density at radius 3 is 1.17 bits per heavy atom. The number of esters is 2. The molecular weight excluding hydrogens is 906 g/mol. The monoisotopic (exact) mass is 1020 g/mol. The summed E-state index contributed by atoms with van der Waals surface area (Å²) < 4.78 is 33.0. The average molecular weight is 1020 g/mol. The summed E-state index contributed by atoms with van der Waals surface area (Å²) in [5.41, 5.74) is 5.38. The molecule has 0 aliphatic heterocycles. The maximum Gasteiger partial charge on any atom is 0.472 e. The number of nitrogens with two attached hydrogens (primary N) is 1. The lowest BCUT2D eigenvalue weighted by atomic mass is 10.0. The molecule has 3 N–H and O–H groups in total. The van der Waals surface area contributed by atoms with Crippen LogP contribution in [-0.4, -0.2) is 49.3 Å². The highest BCUT2D eigenvalue weighted by atomic mass is 31.2. The molecule has 0 radical (unpaired) electrons. The SMILES string of the molecule is CC/C=C\C/C=C\C/C=C\C/C=C\CCCCCCCCCCC(=O)OC(COC(=O)CCCCCCCCCCCCCCCCCCC/C=C\CCCCCCCCCC)COP(=O)(O)OCCN. The number of unbranched alkanes of at least 4 members (excludes halogenated alkanes) is 33. The van der Waals surface area contributed by atoms with E-state index in [1.807, 2.05) is 0 Å². The van der Waals surface area contributed by atoms with Gasteiger partial charge in [0, 0.05) is 19.4 Å². The molecule has 0 amide bonds. The minimum Gasteiger partial charge on any atom is -0.462 e. The van der Waals surface area contributed by atoms with Crippen molar-refractivity contribution in [2.24, 2.45) is 5.73 Å². The predicted molar refractivity (Wildman–Crippen MR) is 303 cm³/mol. The number of rotatable bonds is 56. The Bertz CT molecular complexity index is 1350. The first-order valence-corrected chi connectivity index (χ1v) is 31.3. The highest BCUT2D eigenvalue weighted by Gasteiger charge is 2.26. The number of phosphoric acid groups is 1. The van der Waals surface area contributed by atoms with Crippen molar-refractivity contribution in [3.63, 3.8) is 0 Å². The summed E-state index contributed by atoms with van der Waals surface area (Å²) in [6, 6.07) is 0. The topological polar surface area (TPSA) is 134 Å². The molecule has 2 unspecified atom stereocenters. The first kappa shape index (κ1) is 68.7. The van der Waals surface area contributed by atoms with Gasteiger partial charge in [-0.1, -0.05) is 254 Å². The molecule has 414 valence electrons. The summed E-state index contributed by atoms with van der Waals surface area (Å²) in [6.45, 7) is 3.65. The van der Waals surface area contributed by atoms with Gasteiger partial charge in [0.15, 0.2) is 6.10 Å². The summed E-state index contributed by atoms with van der Waals surface area (Å²) in [6.07, 6.45) is 71.4. The van der Waals surface area contributed by atoms with Crippen LogP contribution in [-0.2, 0) is 32.7 Å². The Morgan fingerprint density at radius 1 is 0.437 bits per heavy atom. The second-order valence-corrected chi connectivity index (χ2v) is 21.3. The zero-order chi connectivity index (χ0) is 51.7. The van der Waals surface area contributed by atoms with Gasteiger partial charge in [-0.15, -0.1) is 0 Å². The minimum absolute atomic E-state index is 0.0508. The van der Waals surface area contributed by atoms with E-state index in [-0.39, 0.29) is 38.6 Å². The smallest absolute Gasteiger partial charge is 0.462 e. The van der Waals surface area contributed by atoms with E-state index in [2.05, 4.69) is 74.6 Å². The van der Waals surface area contributed by atoms with Crippen molar-refractivity contribution in [2.75, 3.05) is 26.4 Å². The third kappa shape index (κ3) is 56.9. The van der Waals surface area contributed by atoms with Crippen LogP contribution in [0.15, 0.2) is 60.8 Å². The van der Waals surface area contributed by atoms with Crippen LogP contribution in [0.1, 0.15) is 284 Å². The molecule has 0 spiro atoms. The Kier molecular flexibility index (Phi) is 55.2. The van der Waals surface area contributed by atoms with Crippen molar-refractivity contribution in [3.8, 4) is 0 Å². The average Bonchev–Trinajstić information content (AvgIpc) is 3.36. The van der Waals surface area contributed by atoms with E-state index in [9.17, 15) is 19.0 Å². The number of hydrogen-bond acceptors (Lipinski definition) is 8. The summed E-state index contributed by atoms with van der Waals surface area (Å²) in [4.78, 5) is 35.2. The molecule has 0 aliphatic carbocycles. The lowest BCUT2D eigenvalue weighted by molar-refractivity contribution is -0.161. The van der Waals surface area contributed by atoms with Crippen molar-refractivity contribution in [1.29, 1.82) is 0 Å². The fourth-order valence-electron chi connectivity index (χ4n) is 8.51. The van der Waals surface area contributed by atoms with Crippen LogP contribution in [0.3, 0.4) is 0 Å². The van der Waals surface area contributed by atoms with Gasteiger partial charge in [-0.25, -0.2) is 4.57 Å². The molecule has 0 heterocycles. The van der Waals surface area contributed by atoms with E-state index in [1.54, 1.807) is 0 Å². The van der Waals surface area contributed by atoms with Crippen LogP contribution in [0.5, 0.6) is 0 Å². The molecule has 0 rings (SSSR count). The van der Waals surface area contributed by atoms with Crippen LogP contribution in [0.4, 0.5) is 0 Å². The van der Waals surface area contributed by atoms with E-state index in [0.717, 1.165) is 70.6 Å². The molecule has 10 heteroatoms. The minimum atomic E-state index is -4.39. The van der Waals surface area contributed by atoms with Crippen LogP contribution >= 0.6 is 7.82 Å². The standard InChI is InChI=1S/C61H112NO8P/c1-3-5-7-9-11-13-15-17-19-21-23-25-26-27-28-29-30-31-32-34-35-37-39-41-43-45-47-49-51-53-60(63)67-57-59(58-69-71(65,66)68-56-55-62)70-61(64)54-52-50-48-46-44-42-40-38-36-33-24-22-20-18-16-14-12-10-8-6-4-2/h6,8,12,14,18,20-21,23-24,33,59H,3-5,7,9-11,13,15-17,19,22,25-32,34-58,62H2,1-2H3,(H,65,66)/b8-6-,14-12-,20-18-,23-21-,33-24-. The van der Waals surface area contributed by atoms with Crippen molar-refractivity contribution in [3.05, 3.63) is 60.8 Å². The molecule has 0 aliphatic rings. The zero-order valence-corrected chi connectivity index (χ0v) is 47.1. The normalized spacial score (nSPS) is 13.5. The number of hydrogen-bond donors (Lipinski definition) is 2. The van der Waals surface area contributed by atoms with Crippen LogP contribution in [0.25, 0.3) is 0 Å². The molecule has 0 bridgehead atoms. The van der Waals surface area contributed by atoms with Crippen molar-refractivity contribution >= 4 is 19.8 Å². The van der Waals surface area contributed by atoms with Gasteiger partial charge in [-0.2, -0.15) is 0 Å². The van der Waals surface area contributed by atoms with Gasteiger partial charge in [0.25, 0.3) is 0 Å². The molecule has 0 fully saturated rings. The van der Waals surface area contributed by atoms with E-state index in [1.165, 1.54) is 180 Å². The van der Waals surface area contributed by atoms with Gasteiger partial charge in [0.1, 0.15) is 6.61 Å². The maximum absolute atomic E-state index is 12.7. The Labute approximate surface area is 438 Å². The van der Waals surface area contributed by atoms with Crippen LogP contribution in [0, 0.1) is 0 Å². The molecular formula is C61H112NO8P. The van der Waals surface area contributed by atoms with Crippen molar-refractivity contribution in [2.45, 2.75) is 290 Å². The summed E-state index contributed by atoms with van der Waals surface area (Å²) >= 11 is 0. The van der Waals surface area contributed by atoms with Gasteiger partial charge in [0.2, 0.25) is 0 Å². The Balaban J connectivity index is 3.92. The van der Waals surface area contributed by atoms with Gasteiger partial charge in [0.05, 0.1) is 13.2 Å². The molecule has 2 atom stereocenters. The van der Waals surface area contributed by atoms with Gasteiger partial charge >= 0.3 is 19.8 Å². The first-order chi connectivity index (χ1) is 34.8. The first-order valence-electron chi connectivity index (χ1n) is 29.8. The quantitative estimate of drug-likeness (QED) is 0.0264. The molecule has 71 heavy (non-hydrogen) atoms. The molecule has 0 saturated carbocycles. The predicted octanol–water partition coefficient (Wildman–Crippen LogP) is 18.7. The third-order valence-corrected chi connectivity index (χ3v) is 13.9. The highest BCUT2D eigenvalue weighted by Crippen LogP contribution is 2.43. The van der Waals surface area contributed by atoms with E-state index >= 15 is 0 Å². The van der Waals surface area contributed by atoms with Crippen LogP contribution in [0.2, 0.25) is 0 Å². The number of allylic oxidation sites excluding steroid dienone is 10. The number of carbonyl (C=O) groups excluding carboxylic acids is 2. The fraction of sp³-hybridized carbons (Fsp3) is 0.803. The van der Waals surface area contributed by atoms with Gasteiger partial charge < -0.3 is 20.1 Å². The van der Waals surface area contributed by atoms with E-state index in [0.29, 0.717) is 6.42 Å². The number of carbonyl (C=O) groups is 2. The third-order valence-electron chi connectivity index (χ3n) is 12.9. The van der Waals surface area contributed by atoms with Gasteiger partial charge in [-0.05, 0) is 77.0 Å². The molecule has 0 saturated heterocycles.